The summed E-state index contributed by atoms with van der Waals surface area (Å²) in [5, 5.41) is 9.63. The Kier molecular flexibility index (Phi) is 3.26. The van der Waals surface area contributed by atoms with Gasteiger partial charge in [-0.1, -0.05) is 12.1 Å². The Labute approximate surface area is 95.1 Å². The summed E-state index contributed by atoms with van der Waals surface area (Å²) in [4.78, 5) is 0. The summed E-state index contributed by atoms with van der Waals surface area (Å²) in [6, 6.07) is 6.45. The van der Waals surface area contributed by atoms with Crippen molar-refractivity contribution in [3.63, 3.8) is 0 Å². The van der Waals surface area contributed by atoms with Crippen LogP contribution in [0.5, 0.6) is 0 Å². The van der Waals surface area contributed by atoms with E-state index in [2.05, 4.69) is 0 Å². The zero-order valence-corrected chi connectivity index (χ0v) is 9.45. The van der Waals surface area contributed by atoms with Gasteiger partial charge in [0.2, 0.25) is 0 Å². The molecular weight excluding hydrogens is 207 g/mol. The highest BCUT2D eigenvalue weighted by atomic mass is 19.1. The molecule has 16 heavy (non-hydrogen) atoms. The second kappa shape index (κ2) is 4.52. The molecule has 1 fully saturated rings. The smallest absolute Gasteiger partial charge is 0.123 e. The first kappa shape index (κ1) is 11.6. The van der Waals surface area contributed by atoms with Crippen LogP contribution in [0.15, 0.2) is 24.3 Å². The second-order valence-electron chi connectivity index (χ2n) is 4.75. The fourth-order valence-electron chi connectivity index (χ4n) is 2.26. The molecule has 0 spiro atoms. The predicted octanol–water partition coefficient (Wildman–Crippen LogP) is 2.30. The first-order chi connectivity index (χ1) is 7.57. The van der Waals surface area contributed by atoms with Gasteiger partial charge in [-0.2, -0.15) is 0 Å². The van der Waals surface area contributed by atoms with Crippen molar-refractivity contribution in [2.75, 3.05) is 6.61 Å². The minimum absolute atomic E-state index is 0.224. The molecule has 1 aliphatic rings. The molecule has 0 aromatic heterocycles. The first-order valence-electron chi connectivity index (χ1n) is 5.64. The van der Waals surface area contributed by atoms with Crippen molar-refractivity contribution < 1.29 is 14.2 Å². The first-order valence-corrected chi connectivity index (χ1v) is 5.64. The standard InChI is InChI=1S/C13H17FO2/c1-13(9-12(15)6-7-16-13)8-10-2-4-11(14)5-3-10/h2-5,12,15H,6-9H2,1H3. The van der Waals surface area contributed by atoms with Crippen molar-refractivity contribution in [2.45, 2.75) is 37.9 Å². The predicted molar refractivity (Wildman–Crippen MR) is 59.7 cm³/mol. The third-order valence-corrected chi connectivity index (χ3v) is 3.06. The molecular formula is C13H17FO2. The molecule has 3 heteroatoms. The van der Waals surface area contributed by atoms with E-state index in [9.17, 15) is 9.50 Å². The lowest BCUT2D eigenvalue weighted by molar-refractivity contribution is -0.106. The summed E-state index contributed by atoms with van der Waals surface area (Å²) in [7, 11) is 0. The summed E-state index contributed by atoms with van der Waals surface area (Å²) in [6.07, 6.45) is 1.78. The van der Waals surface area contributed by atoms with Gasteiger partial charge < -0.3 is 9.84 Å². The molecule has 0 saturated carbocycles. The average molecular weight is 224 g/mol. The summed E-state index contributed by atoms with van der Waals surface area (Å²) < 4.78 is 18.5. The lowest BCUT2D eigenvalue weighted by Gasteiger charge is -2.36. The number of halogens is 1. The number of aliphatic hydroxyl groups excluding tert-OH is 1. The number of hydrogen-bond donors (Lipinski definition) is 1. The highest BCUT2D eigenvalue weighted by molar-refractivity contribution is 5.18. The van der Waals surface area contributed by atoms with Crippen LogP contribution in [0.4, 0.5) is 4.39 Å². The van der Waals surface area contributed by atoms with Gasteiger partial charge in [-0.15, -0.1) is 0 Å². The maximum Gasteiger partial charge on any atom is 0.123 e. The van der Waals surface area contributed by atoms with Crippen LogP contribution >= 0.6 is 0 Å². The molecule has 88 valence electrons. The van der Waals surface area contributed by atoms with E-state index >= 15 is 0 Å². The van der Waals surface area contributed by atoms with Crippen LogP contribution in [0.1, 0.15) is 25.3 Å². The van der Waals surface area contributed by atoms with Gasteiger partial charge in [0.05, 0.1) is 11.7 Å². The highest BCUT2D eigenvalue weighted by Gasteiger charge is 2.32. The monoisotopic (exact) mass is 224 g/mol. The Hall–Kier alpha value is -0.930. The van der Waals surface area contributed by atoms with Crippen LogP contribution in [-0.2, 0) is 11.2 Å². The maximum atomic E-state index is 12.8. The molecule has 2 unspecified atom stereocenters. The summed E-state index contributed by atoms with van der Waals surface area (Å²) in [5.41, 5.74) is 0.716. The van der Waals surface area contributed by atoms with Crippen molar-refractivity contribution in [1.82, 2.24) is 0 Å². The van der Waals surface area contributed by atoms with Crippen molar-refractivity contribution in [2.24, 2.45) is 0 Å². The molecule has 1 aromatic rings. The number of aliphatic hydroxyl groups is 1. The Morgan fingerprint density at radius 2 is 2.12 bits per heavy atom. The van der Waals surface area contributed by atoms with Crippen molar-refractivity contribution >= 4 is 0 Å². The molecule has 0 amide bonds. The fourth-order valence-corrected chi connectivity index (χ4v) is 2.26. The summed E-state index contributed by atoms with van der Waals surface area (Å²) >= 11 is 0. The highest BCUT2D eigenvalue weighted by Crippen LogP contribution is 2.28. The van der Waals surface area contributed by atoms with Crippen LogP contribution in [0.3, 0.4) is 0 Å². The topological polar surface area (TPSA) is 29.5 Å². The van der Waals surface area contributed by atoms with Crippen molar-refractivity contribution in [1.29, 1.82) is 0 Å². The third-order valence-electron chi connectivity index (χ3n) is 3.06. The number of hydrogen-bond acceptors (Lipinski definition) is 2. The zero-order valence-electron chi connectivity index (χ0n) is 9.45. The largest absolute Gasteiger partial charge is 0.393 e. The Morgan fingerprint density at radius 3 is 2.75 bits per heavy atom. The Bertz CT molecular complexity index is 349. The number of benzene rings is 1. The number of ether oxygens (including phenoxy) is 1. The van der Waals surface area contributed by atoms with Gasteiger partial charge in [0.15, 0.2) is 0 Å². The van der Waals surface area contributed by atoms with Crippen LogP contribution in [0.25, 0.3) is 0 Å². The molecule has 1 saturated heterocycles. The van der Waals surface area contributed by atoms with Crippen molar-refractivity contribution in [3.8, 4) is 0 Å². The molecule has 2 rings (SSSR count). The third kappa shape index (κ3) is 2.80. The van der Waals surface area contributed by atoms with E-state index in [1.807, 2.05) is 6.92 Å². The van der Waals surface area contributed by atoms with E-state index in [1.54, 1.807) is 12.1 Å². The Balaban J connectivity index is 2.05. The van der Waals surface area contributed by atoms with Crippen LogP contribution in [0.2, 0.25) is 0 Å². The van der Waals surface area contributed by atoms with Crippen LogP contribution in [-0.4, -0.2) is 23.4 Å². The van der Waals surface area contributed by atoms with Gasteiger partial charge in [0.1, 0.15) is 5.82 Å². The fraction of sp³-hybridized carbons (Fsp3) is 0.538. The molecule has 0 aliphatic carbocycles. The van der Waals surface area contributed by atoms with E-state index in [0.717, 1.165) is 5.56 Å². The molecule has 0 bridgehead atoms. The summed E-state index contributed by atoms with van der Waals surface area (Å²) in [6.45, 7) is 2.59. The number of rotatable bonds is 2. The normalized spacial score (nSPS) is 30.3. The zero-order chi connectivity index (χ0) is 11.6. The van der Waals surface area contributed by atoms with Gasteiger partial charge in [0.25, 0.3) is 0 Å². The molecule has 2 nitrogen and oxygen atoms in total. The molecule has 1 heterocycles. The van der Waals surface area contributed by atoms with E-state index in [4.69, 9.17) is 4.74 Å². The second-order valence-corrected chi connectivity index (χ2v) is 4.75. The molecule has 1 aromatic carbocycles. The molecule has 1 aliphatic heterocycles. The minimum Gasteiger partial charge on any atom is -0.393 e. The van der Waals surface area contributed by atoms with E-state index < -0.39 is 0 Å². The van der Waals surface area contributed by atoms with Crippen molar-refractivity contribution in [3.05, 3.63) is 35.6 Å². The lowest BCUT2D eigenvalue weighted by Crippen LogP contribution is -2.41. The average Bonchev–Trinajstić information content (AvgIpc) is 2.21. The summed E-state index contributed by atoms with van der Waals surface area (Å²) in [5.74, 6) is -0.224. The van der Waals surface area contributed by atoms with E-state index in [1.165, 1.54) is 12.1 Å². The molecule has 0 radical (unpaired) electrons. The quantitative estimate of drug-likeness (QED) is 0.835. The Morgan fingerprint density at radius 1 is 1.44 bits per heavy atom. The van der Waals surface area contributed by atoms with Gasteiger partial charge in [-0.25, -0.2) is 4.39 Å². The minimum atomic E-state index is -0.324. The molecule has 2 atom stereocenters. The van der Waals surface area contributed by atoms with Gasteiger partial charge in [0, 0.05) is 19.4 Å². The lowest BCUT2D eigenvalue weighted by atomic mass is 9.88. The van der Waals surface area contributed by atoms with E-state index in [0.29, 0.717) is 25.9 Å². The SMILES string of the molecule is CC1(Cc2ccc(F)cc2)CC(O)CCO1. The van der Waals surface area contributed by atoms with Gasteiger partial charge in [-0.05, 0) is 31.0 Å². The van der Waals surface area contributed by atoms with Gasteiger partial charge in [-0.3, -0.25) is 0 Å². The maximum absolute atomic E-state index is 12.8. The van der Waals surface area contributed by atoms with Gasteiger partial charge >= 0.3 is 0 Å². The van der Waals surface area contributed by atoms with E-state index in [-0.39, 0.29) is 17.5 Å². The van der Waals surface area contributed by atoms with Crippen LogP contribution in [0, 0.1) is 5.82 Å². The van der Waals surface area contributed by atoms with Crippen LogP contribution < -0.4 is 0 Å². The molecule has 1 N–H and O–H groups in total.